The molecule has 0 atom stereocenters. The Labute approximate surface area is 170 Å². The summed E-state index contributed by atoms with van der Waals surface area (Å²) in [5.74, 6) is 0.171. The summed E-state index contributed by atoms with van der Waals surface area (Å²) in [6, 6.07) is 1.88. The summed E-state index contributed by atoms with van der Waals surface area (Å²) in [4.78, 5) is 12.0. The highest BCUT2D eigenvalue weighted by molar-refractivity contribution is 5.94. The summed E-state index contributed by atoms with van der Waals surface area (Å²) < 4.78 is 11.2. The van der Waals surface area contributed by atoms with Crippen LogP contribution in [0.4, 0.5) is 0 Å². The second-order valence-corrected chi connectivity index (χ2v) is 7.46. The molecular formula is C24H36O4. The van der Waals surface area contributed by atoms with Gasteiger partial charge in [0.05, 0.1) is 14.2 Å². The van der Waals surface area contributed by atoms with Crippen LogP contribution in [-0.2, 0) is 12.8 Å². The SMILES string of the molecule is CCCCCc1cc(OC)c(C/C=C(\C)CCC=C(C)C)c(OC)c1C(=O)O. The van der Waals surface area contributed by atoms with Crippen LogP contribution in [-0.4, -0.2) is 25.3 Å². The lowest BCUT2D eigenvalue weighted by molar-refractivity contribution is 0.0691. The lowest BCUT2D eigenvalue weighted by atomic mass is 9.94. The van der Waals surface area contributed by atoms with Crippen LogP contribution in [0.15, 0.2) is 29.4 Å². The number of ether oxygens (including phenoxy) is 2. The molecular weight excluding hydrogens is 352 g/mol. The second-order valence-electron chi connectivity index (χ2n) is 7.46. The molecule has 1 N–H and O–H groups in total. The molecule has 0 aliphatic rings. The standard InChI is InChI=1S/C24H36O4/c1-7-8-9-13-19-16-21(27-5)20(23(28-6)22(19)24(25)26)15-14-18(4)12-10-11-17(2)3/h11,14,16H,7-10,12-13,15H2,1-6H3,(H,25,26)/b18-14+. The maximum absolute atomic E-state index is 12.0. The van der Waals surface area contributed by atoms with Crippen molar-refractivity contribution in [2.75, 3.05) is 14.2 Å². The van der Waals surface area contributed by atoms with Gasteiger partial charge in [-0.25, -0.2) is 4.79 Å². The molecule has 0 saturated heterocycles. The number of aromatic carboxylic acids is 1. The molecule has 0 aliphatic heterocycles. The van der Waals surface area contributed by atoms with E-state index in [9.17, 15) is 9.90 Å². The Hall–Kier alpha value is -2.23. The van der Waals surface area contributed by atoms with Gasteiger partial charge >= 0.3 is 5.97 Å². The summed E-state index contributed by atoms with van der Waals surface area (Å²) in [6.45, 7) is 8.44. The van der Waals surface area contributed by atoms with E-state index in [-0.39, 0.29) is 5.56 Å². The predicted octanol–water partition coefficient (Wildman–Crippen LogP) is 6.37. The van der Waals surface area contributed by atoms with Crippen LogP contribution in [0.3, 0.4) is 0 Å². The lowest BCUT2D eigenvalue weighted by Crippen LogP contribution is -2.10. The fraction of sp³-hybridized carbons (Fsp3) is 0.542. The highest BCUT2D eigenvalue weighted by atomic mass is 16.5. The van der Waals surface area contributed by atoms with Crippen LogP contribution < -0.4 is 9.47 Å². The maximum Gasteiger partial charge on any atom is 0.339 e. The van der Waals surface area contributed by atoms with Crippen molar-refractivity contribution in [3.05, 3.63) is 46.1 Å². The Kier molecular flexibility index (Phi) is 10.4. The Balaban J connectivity index is 3.24. The molecule has 1 aromatic carbocycles. The van der Waals surface area contributed by atoms with Gasteiger partial charge in [0.15, 0.2) is 0 Å². The monoisotopic (exact) mass is 388 g/mol. The lowest BCUT2D eigenvalue weighted by Gasteiger charge is -2.18. The van der Waals surface area contributed by atoms with E-state index in [1.54, 1.807) is 7.11 Å². The number of hydrogen-bond donors (Lipinski definition) is 1. The zero-order chi connectivity index (χ0) is 21.1. The van der Waals surface area contributed by atoms with Crippen molar-refractivity contribution in [2.24, 2.45) is 0 Å². The van der Waals surface area contributed by atoms with E-state index >= 15 is 0 Å². The quantitative estimate of drug-likeness (QED) is 0.334. The number of unbranched alkanes of at least 4 members (excludes halogenated alkanes) is 2. The number of benzene rings is 1. The molecule has 4 heteroatoms. The average molecular weight is 389 g/mol. The van der Waals surface area contributed by atoms with Crippen LogP contribution >= 0.6 is 0 Å². The van der Waals surface area contributed by atoms with Gasteiger partial charge in [0, 0.05) is 5.56 Å². The Morgan fingerprint density at radius 1 is 1.11 bits per heavy atom. The summed E-state index contributed by atoms with van der Waals surface area (Å²) >= 11 is 0. The summed E-state index contributed by atoms with van der Waals surface area (Å²) in [5.41, 5.74) is 4.43. The summed E-state index contributed by atoms with van der Waals surface area (Å²) in [7, 11) is 3.16. The first-order chi connectivity index (χ1) is 13.3. The second kappa shape index (κ2) is 12.3. The minimum atomic E-state index is -0.948. The molecule has 0 unspecified atom stereocenters. The molecule has 0 fully saturated rings. The number of carboxylic acids is 1. The molecule has 0 bridgehead atoms. The Bertz CT molecular complexity index is 710. The number of carbonyl (C=O) groups is 1. The molecule has 1 rings (SSSR count). The number of rotatable bonds is 12. The molecule has 0 radical (unpaired) electrons. The third kappa shape index (κ3) is 7.06. The average Bonchev–Trinajstić information content (AvgIpc) is 2.65. The number of allylic oxidation sites excluding steroid dienone is 4. The predicted molar refractivity (Wildman–Crippen MR) is 116 cm³/mol. The van der Waals surface area contributed by atoms with Crippen molar-refractivity contribution in [1.82, 2.24) is 0 Å². The van der Waals surface area contributed by atoms with Crippen molar-refractivity contribution in [3.8, 4) is 11.5 Å². The highest BCUT2D eigenvalue weighted by Crippen LogP contribution is 2.37. The largest absolute Gasteiger partial charge is 0.496 e. The topological polar surface area (TPSA) is 55.8 Å². The zero-order valence-corrected chi connectivity index (χ0v) is 18.4. The van der Waals surface area contributed by atoms with Crippen LogP contribution in [0.1, 0.15) is 81.3 Å². The first kappa shape index (κ1) is 23.8. The molecule has 156 valence electrons. The molecule has 0 heterocycles. The van der Waals surface area contributed by atoms with Crippen LogP contribution in [0.2, 0.25) is 0 Å². The van der Waals surface area contributed by atoms with Gasteiger partial charge in [-0.15, -0.1) is 0 Å². The first-order valence-corrected chi connectivity index (χ1v) is 10.1. The van der Waals surface area contributed by atoms with E-state index in [1.807, 2.05) is 6.07 Å². The van der Waals surface area contributed by atoms with Crippen LogP contribution in [0, 0.1) is 0 Å². The van der Waals surface area contributed by atoms with E-state index < -0.39 is 5.97 Å². The Morgan fingerprint density at radius 3 is 2.36 bits per heavy atom. The van der Waals surface area contributed by atoms with Gasteiger partial charge in [0.2, 0.25) is 0 Å². The van der Waals surface area contributed by atoms with Gasteiger partial charge in [-0.1, -0.05) is 43.1 Å². The van der Waals surface area contributed by atoms with Crippen LogP contribution in [0.5, 0.6) is 11.5 Å². The van der Waals surface area contributed by atoms with Gasteiger partial charge in [-0.3, -0.25) is 0 Å². The van der Waals surface area contributed by atoms with Gasteiger partial charge < -0.3 is 14.6 Å². The van der Waals surface area contributed by atoms with Crippen molar-refractivity contribution < 1.29 is 19.4 Å². The normalized spacial score (nSPS) is 11.3. The van der Waals surface area contributed by atoms with E-state index in [0.29, 0.717) is 24.3 Å². The molecule has 0 amide bonds. The minimum Gasteiger partial charge on any atom is -0.496 e. The van der Waals surface area contributed by atoms with Crippen molar-refractivity contribution in [2.45, 2.75) is 72.6 Å². The highest BCUT2D eigenvalue weighted by Gasteiger charge is 2.23. The third-order valence-corrected chi connectivity index (χ3v) is 4.86. The van der Waals surface area contributed by atoms with Gasteiger partial charge in [0.1, 0.15) is 17.1 Å². The summed E-state index contributed by atoms with van der Waals surface area (Å²) in [5, 5.41) is 9.83. The minimum absolute atomic E-state index is 0.269. The molecule has 0 aliphatic carbocycles. The summed E-state index contributed by atoms with van der Waals surface area (Å²) in [6.07, 6.45) is 10.8. The molecule has 0 aromatic heterocycles. The third-order valence-electron chi connectivity index (χ3n) is 4.86. The molecule has 28 heavy (non-hydrogen) atoms. The number of aryl methyl sites for hydroxylation is 1. The fourth-order valence-electron chi connectivity index (χ4n) is 3.29. The molecule has 0 spiro atoms. The van der Waals surface area contributed by atoms with E-state index in [0.717, 1.165) is 43.2 Å². The number of methoxy groups -OCH3 is 2. The molecule has 4 nitrogen and oxygen atoms in total. The number of hydrogen-bond acceptors (Lipinski definition) is 3. The van der Waals surface area contributed by atoms with E-state index in [2.05, 4.69) is 39.8 Å². The first-order valence-electron chi connectivity index (χ1n) is 10.1. The van der Waals surface area contributed by atoms with Crippen molar-refractivity contribution in [3.63, 3.8) is 0 Å². The maximum atomic E-state index is 12.0. The fourth-order valence-corrected chi connectivity index (χ4v) is 3.29. The van der Waals surface area contributed by atoms with Gasteiger partial charge in [-0.05, 0) is 64.5 Å². The Morgan fingerprint density at radius 2 is 1.82 bits per heavy atom. The number of carboxylic acid groups (broad SMARTS) is 1. The molecule has 0 saturated carbocycles. The van der Waals surface area contributed by atoms with Gasteiger partial charge in [0.25, 0.3) is 0 Å². The van der Waals surface area contributed by atoms with E-state index in [4.69, 9.17) is 9.47 Å². The van der Waals surface area contributed by atoms with E-state index in [1.165, 1.54) is 18.3 Å². The van der Waals surface area contributed by atoms with Crippen molar-refractivity contribution >= 4 is 5.97 Å². The van der Waals surface area contributed by atoms with Crippen LogP contribution in [0.25, 0.3) is 0 Å². The molecule has 1 aromatic rings. The zero-order valence-electron chi connectivity index (χ0n) is 18.4. The smallest absolute Gasteiger partial charge is 0.339 e. The van der Waals surface area contributed by atoms with Crippen molar-refractivity contribution in [1.29, 1.82) is 0 Å². The van der Waals surface area contributed by atoms with Gasteiger partial charge in [-0.2, -0.15) is 0 Å².